The van der Waals surface area contributed by atoms with Crippen molar-refractivity contribution in [1.82, 2.24) is 15.2 Å². The van der Waals surface area contributed by atoms with Crippen molar-refractivity contribution in [2.45, 2.75) is 13.1 Å². The van der Waals surface area contributed by atoms with E-state index in [1.165, 1.54) is 17.0 Å². The summed E-state index contributed by atoms with van der Waals surface area (Å²) in [5.41, 5.74) is 0.918. The van der Waals surface area contributed by atoms with Crippen molar-refractivity contribution in [2.24, 2.45) is 0 Å². The van der Waals surface area contributed by atoms with Gasteiger partial charge in [0, 0.05) is 26.0 Å². The summed E-state index contributed by atoms with van der Waals surface area (Å²) in [5, 5.41) is 11.4. The van der Waals surface area contributed by atoms with E-state index < -0.39 is 5.97 Å². The molecule has 7 heteroatoms. The van der Waals surface area contributed by atoms with Gasteiger partial charge in [0.1, 0.15) is 5.76 Å². The number of nitrogens with one attached hydrogen (secondary N) is 1. The number of aromatic carboxylic acids is 1. The Balaban J connectivity index is 1.84. The van der Waals surface area contributed by atoms with Crippen molar-refractivity contribution in [3.05, 3.63) is 53.7 Å². The lowest BCUT2D eigenvalue weighted by Gasteiger charge is -2.17. The number of hydrogen-bond donors (Lipinski definition) is 2. The van der Waals surface area contributed by atoms with E-state index in [1.807, 2.05) is 6.07 Å². The zero-order chi connectivity index (χ0) is 15.2. The Morgan fingerprint density at radius 3 is 2.81 bits per heavy atom. The van der Waals surface area contributed by atoms with E-state index in [0.717, 1.165) is 5.56 Å². The van der Waals surface area contributed by atoms with Crippen molar-refractivity contribution in [2.75, 3.05) is 7.05 Å². The number of carbonyl (C=O) groups is 2. The zero-order valence-electron chi connectivity index (χ0n) is 11.4. The van der Waals surface area contributed by atoms with Crippen LogP contribution in [0.1, 0.15) is 21.9 Å². The molecule has 0 unspecified atom stereocenters. The van der Waals surface area contributed by atoms with Crippen LogP contribution in [0.2, 0.25) is 0 Å². The Kier molecular flexibility index (Phi) is 4.55. The van der Waals surface area contributed by atoms with E-state index >= 15 is 0 Å². The molecule has 2 amide bonds. The molecule has 2 N–H and O–H groups in total. The van der Waals surface area contributed by atoms with Crippen LogP contribution in [0.15, 0.2) is 41.1 Å². The Hall–Kier alpha value is -2.83. The molecule has 2 heterocycles. The first-order chi connectivity index (χ1) is 10.1. The van der Waals surface area contributed by atoms with Crippen molar-refractivity contribution in [3.8, 4) is 0 Å². The third-order valence-electron chi connectivity index (χ3n) is 2.78. The minimum Gasteiger partial charge on any atom is -0.475 e. The van der Waals surface area contributed by atoms with Crippen LogP contribution in [0.25, 0.3) is 0 Å². The van der Waals surface area contributed by atoms with E-state index in [4.69, 9.17) is 9.52 Å². The number of amides is 2. The summed E-state index contributed by atoms with van der Waals surface area (Å²) in [6.07, 6.45) is 3.36. The van der Waals surface area contributed by atoms with Crippen LogP contribution in [-0.2, 0) is 13.1 Å². The van der Waals surface area contributed by atoms with E-state index in [1.54, 1.807) is 25.5 Å². The Morgan fingerprint density at radius 2 is 2.19 bits per heavy atom. The molecule has 2 aromatic heterocycles. The van der Waals surface area contributed by atoms with Gasteiger partial charge in [-0.25, -0.2) is 9.59 Å². The number of carbonyl (C=O) groups excluding carboxylic acids is 1. The summed E-state index contributed by atoms with van der Waals surface area (Å²) in [6.45, 7) is 0.557. The molecule has 0 aliphatic carbocycles. The van der Waals surface area contributed by atoms with Crippen LogP contribution in [0.3, 0.4) is 0 Å². The summed E-state index contributed by atoms with van der Waals surface area (Å²) < 4.78 is 5.05. The third-order valence-corrected chi connectivity index (χ3v) is 2.78. The lowest BCUT2D eigenvalue weighted by Crippen LogP contribution is -2.36. The second-order valence-electron chi connectivity index (χ2n) is 4.45. The van der Waals surface area contributed by atoms with Gasteiger partial charge < -0.3 is 19.7 Å². The van der Waals surface area contributed by atoms with E-state index in [-0.39, 0.29) is 18.3 Å². The molecule has 2 rings (SSSR count). The minimum absolute atomic E-state index is 0.128. The van der Waals surface area contributed by atoms with Gasteiger partial charge >= 0.3 is 12.0 Å². The first kappa shape index (κ1) is 14.6. The summed E-state index contributed by atoms with van der Waals surface area (Å²) in [7, 11) is 1.66. The molecule has 0 aromatic carbocycles. The van der Waals surface area contributed by atoms with Crippen molar-refractivity contribution in [3.63, 3.8) is 0 Å². The number of aromatic nitrogens is 1. The number of hydrogen-bond acceptors (Lipinski definition) is 4. The monoisotopic (exact) mass is 289 g/mol. The van der Waals surface area contributed by atoms with Gasteiger partial charge in [0.15, 0.2) is 0 Å². The summed E-state index contributed by atoms with van der Waals surface area (Å²) >= 11 is 0. The van der Waals surface area contributed by atoms with Crippen LogP contribution >= 0.6 is 0 Å². The normalized spacial score (nSPS) is 10.1. The molecular formula is C14H15N3O4. The first-order valence-corrected chi connectivity index (χ1v) is 6.26. The maximum absolute atomic E-state index is 11.9. The SMILES string of the molecule is CN(Cc1cccnc1)C(=O)NCc1ccc(C(=O)O)o1. The van der Waals surface area contributed by atoms with Crippen LogP contribution in [-0.4, -0.2) is 34.0 Å². The Bertz CT molecular complexity index is 624. The summed E-state index contributed by atoms with van der Waals surface area (Å²) in [6, 6.07) is 6.26. The molecule has 0 saturated heterocycles. The van der Waals surface area contributed by atoms with E-state index in [2.05, 4.69) is 10.3 Å². The average molecular weight is 289 g/mol. The number of urea groups is 1. The van der Waals surface area contributed by atoms with Gasteiger partial charge in [-0.1, -0.05) is 6.07 Å². The molecule has 0 aliphatic heterocycles. The Labute approximate surface area is 121 Å². The molecular weight excluding hydrogens is 274 g/mol. The van der Waals surface area contributed by atoms with Crippen LogP contribution in [0.4, 0.5) is 4.79 Å². The second kappa shape index (κ2) is 6.56. The smallest absolute Gasteiger partial charge is 0.371 e. The van der Waals surface area contributed by atoms with Crippen molar-refractivity contribution in [1.29, 1.82) is 0 Å². The fourth-order valence-electron chi connectivity index (χ4n) is 1.72. The molecule has 0 bridgehead atoms. The highest BCUT2D eigenvalue weighted by atomic mass is 16.4. The predicted octanol–water partition coefficient (Wildman–Crippen LogP) is 1.71. The molecule has 0 saturated carbocycles. The average Bonchev–Trinajstić information content (AvgIpc) is 2.95. The molecule has 7 nitrogen and oxygen atoms in total. The number of pyridine rings is 1. The lowest BCUT2D eigenvalue weighted by molar-refractivity contribution is 0.0660. The largest absolute Gasteiger partial charge is 0.475 e. The highest BCUT2D eigenvalue weighted by molar-refractivity contribution is 5.84. The molecule has 21 heavy (non-hydrogen) atoms. The fraction of sp³-hybridized carbons (Fsp3) is 0.214. The number of rotatable bonds is 5. The van der Waals surface area contributed by atoms with Gasteiger partial charge in [0.25, 0.3) is 0 Å². The van der Waals surface area contributed by atoms with Crippen LogP contribution < -0.4 is 5.32 Å². The number of nitrogens with zero attached hydrogens (tertiary/aromatic N) is 2. The van der Waals surface area contributed by atoms with Gasteiger partial charge in [0.2, 0.25) is 5.76 Å². The van der Waals surface area contributed by atoms with Gasteiger partial charge in [-0.3, -0.25) is 4.98 Å². The summed E-state index contributed by atoms with van der Waals surface area (Å²) in [5.74, 6) is -0.903. The van der Waals surface area contributed by atoms with Gasteiger partial charge in [-0.2, -0.15) is 0 Å². The summed E-state index contributed by atoms with van der Waals surface area (Å²) in [4.78, 5) is 28.0. The van der Waals surface area contributed by atoms with Gasteiger partial charge in [0.05, 0.1) is 6.54 Å². The molecule has 0 atom stereocenters. The number of carboxylic acid groups (broad SMARTS) is 1. The number of carboxylic acids is 1. The van der Waals surface area contributed by atoms with Crippen molar-refractivity contribution >= 4 is 12.0 Å². The van der Waals surface area contributed by atoms with E-state index in [9.17, 15) is 9.59 Å². The van der Waals surface area contributed by atoms with Crippen LogP contribution in [0.5, 0.6) is 0 Å². The van der Waals surface area contributed by atoms with Gasteiger partial charge in [-0.15, -0.1) is 0 Å². The van der Waals surface area contributed by atoms with Crippen LogP contribution in [0, 0.1) is 0 Å². The molecule has 2 aromatic rings. The topological polar surface area (TPSA) is 95.7 Å². The molecule has 0 fully saturated rings. The maximum Gasteiger partial charge on any atom is 0.371 e. The molecule has 0 spiro atoms. The van der Waals surface area contributed by atoms with Crippen molar-refractivity contribution < 1.29 is 19.1 Å². The third kappa shape index (κ3) is 4.07. The number of furan rings is 1. The minimum atomic E-state index is -1.14. The highest BCUT2D eigenvalue weighted by Gasteiger charge is 2.12. The predicted molar refractivity (Wildman–Crippen MR) is 73.6 cm³/mol. The second-order valence-corrected chi connectivity index (χ2v) is 4.45. The Morgan fingerprint density at radius 1 is 1.38 bits per heavy atom. The molecule has 110 valence electrons. The van der Waals surface area contributed by atoms with E-state index in [0.29, 0.717) is 12.3 Å². The maximum atomic E-state index is 11.9. The molecule has 0 radical (unpaired) electrons. The quantitative estimate of drug-likeness (QED) is 0.873. The zero-order valence-corrected chi connectivity index (χ0v) is 11.4. The lowest BCUT2D eigenvalue weighted by atomic mass is 10.3. The highest BCUT2D eigenvalue weighted by Crippen LogP contribution is 2.08. The standard InChI is InChI=1S/C14H15N3O4/c1-17(9-10-3-2-6-15-7-10)14(20)16-8-11-4-5-12(21-11)13(18)19/h2-7H,8-9H2,1H3,(H,16,20)(H,18,19). The fourth-order valence-corrected chi connectivity index (χ4v) is 1.72. The van der Waals surface area contributed by atoms with Gasteiger partial charge in [-0.05, 0) is 23.8 Å². The molecule has 0 aliphatic rings. The first-order valence-electron chi connectivity index (χ1n) is 6.26.